The van der Waals surface area contributed by atoms with Gasteiger partial charge in [0.2, 0.25) is 5.91 Å². The second-order valence-corrected chi connectivity index (χ2v) is 5.77. The number of aryl methyl sites for hydroxylation is 1. The van der Waals surface area contributed by atoms with Crippen LogP contribution in [0.5, 0.6) is 5.75 Å². The molecule has 2 aromatic carbocycles. The Morgan fingerprint density at radius 1 is 1.21 bits per heavy atom. The monoisotopic (exact) mass is 324 g/mol. The number of ether oxygens (including phenoxy) is 1. The predicted molar refractivity (Wildman–Crippen MR) is 93.5 cm³/mol. The zero-order valence-corrected chi connectivity index (χ0v) is 13.9. The van der Waals surface area contributed by atoms with Gasteiger partial charge >= 0.3 is 5.97 Å². The van der Waals surface area contributed by atoms with Crippen molar-refractivity contribution in [1.29, 1.82) is 0 Å². The molecule has 1 aliphatic rings. The predicted octanol–water partition coefficient (Wildman–Crippen LogP) is 2.77. The van der Waals surface area contributed by atoms with Crippen molar-refractivity contribution < 1.29 is 14.3 Å². The summed E-state index contributed by atoms with van der Waals surface area (Å²) >= 11 is 0. The highest BCUT2D eigenvalue weighted by Gasteiger charge is 2.27. The minimum absolute atomic E-state index is 0.0510. The Bertz CT molecular complexity index is 758. The molecule has 1 heterocycles. The summed E-state index contributed by atoms with van der Waals surface area (Å²) < 4.78 is 5.29. The molecule has 0 aromatic heterocycles. The molecule has 1 aliphatic heterocycles. The molecule has 0 N–H and O–H groups in total. The Morgan fingerprint density at radius 3 is 2.67 bits per heavy atom. The molecule has 0 unspecified atom stereocenters. The van der Waals surface area contributed by atoms with Crippen LogP contribution < -0.4 is 14.5 Å². The molecule has 2 aromatic rings. The lowest BCUT2D eigenvalue weighted by atomic mass is 10.1. The number of benzene rings is 2. The lowest BCUT2D eigenvalue weighted by Crippen LogP contribution is -2.45. The van der Waals surface area contributed by atoms with Gasteiger partial charge in [0.25, 0.3) is 0 Å². The highest BCUT2D eigenvalue weighted by atomic mass is 16.5. The van der Waals surface area contributed by atoms with Crippen molar-refractivity contribution in [3.8, 4) is 5.75 Å². The number of likely N-dealkylation sites (N-methyl/N-ethyl adjacent to an activating group) is 1. The first-order valence-corrected chi connectivity index (χ1v) is 8.00. The first-order chi connectivity index (χ1) is 11.6. The molecular formula is C19H20N2O3. The van der Waals surface area contributed by atoms with Crippen LogP contribution in [0.2, 0.25) is 0 Å². The Kier molecular flexibility index (Phi) is 4.51. The highest BCUT2D eigenvalue weighted by Crippen LogP contribution is 2.32. The van der Waals surface area contributed by atoms with E-state index < -0.39 is 0 Å². The standard InChI is InChI=1S/C19H20N2O3/c1-3-21(15-7-5-4-6-8-15)18(22)12-20-13-19(23)24-17-11-14(2)9-10-16(17)20/h4-11H,3,12-13H2,1-2H3. The maximum atomic E-state index is 12.8. The van der Waals surface area contributed by atoms with Crippen molar-refractivity contribution in [1.82, 2.24) is 0 Å². The molecule has 5 heteroatoms. The van der Waals surface area contributed by atoms with E-state index in [1.165, 1.54) is 0 Å². The number of esters is 1. The van der Waals surface area contributed by atoms with E-state index in [-0.39, 0.29) is 25.0 Å². The molecular weight excluding hydrogens is 304 g/mol. The average Bonchev–Trinajstić information content (AvgIpc) is 2.56. The van der Waals surface area contributed by atoms with Gasteiger partial charge in [0.1, 0.15) is 6.54 Å². The van der Waals surface area contributed by atoms with E-state index in [2.05, 4.69) is 0 Å². The summed E-state index contributed by atoms with van der Waals surface area (Å²) in [5.74, 6) is 0.121. The fourth-order valence-corrected chi connectivity index (χ4v) is 2.86. The van der Waals surface area contributed by atoms with E-state index in [1.54, 1.807) is 9.80 Å². The van der Waals surface area contributed by atoms with Crippen LogP contribution >= 0.6 is 0 Å². The third kappa shape index (κ3) is 3.25. The van der Waals surface area contributed by atoms with Gasteiger partial charge < -0.3 is 14.5 Å². The summed E-state index contributed by atoms with van der Waals surface area (Å²) in [5.41, 5.74) is 2.64. The molecule has 3 rings (SSSR count). The van der Waals surface area contributed by atoms with Crippen LogP contribution in [0.3, 0.4) is 0 Å². The average molecular weight is 324 g/mol. The number of hydrogen-bond acceptors (Lipinski definition) is 4. The van der Waals surface area contributed by atoms with Crippen LogP contribution in [0.1, 0.15) is 12.5 Å². The van der Waals surface area contributed by atoms with Crippen LogP contribution in [0.25, 0.3) is 0 Å². The third-order valence-electron chi connectivity index (χ3n) is 4.01. The maximum absolute atomic E-state index is 12.8. The quantitative estimate of drug-likeness (QED) is 0.641. The van der Waals surface area contributed by atoms with Crippen molar-refractivity contribution in [2.24, 2.45) is 0 Å². The molecule has 0 saturated carbocycles. The van der Waals surface area contributed by atoms with Crippen molar-refractivity contribution in [3.05, 3.63) is 54.1 Å². The highest BCUT2D eigenvalue weighted by molar-refractivity contribution is 5.98. The van der Waals surface area contributed by atoms with Gasteiger partial charge in [0, 0.05) is 12.2 Å². The minimum Gasteiger partial charge on any atom is -0.423 e. The van der Waals surface area contributed by atoms with Crippen LogP contribution in [-0.4, -0.2) is 31.5 Å². The van der Waals surface area contributed by atoms with Crippen LogP contribution in [0, 0.1) is 6.92 Å². The molecule has 0 saturated heterocycles. The van der Waals surface area contributed by atoms with Crippen molar-refractivity contribution in [2.45, 2.75) is 13.8 Å². The first-order valence-electron chi connectivity index (χ1n) is 8.00. The molecule has 0 aliphatic carbocycles. The first kappa shape index (κ1) is 16.1. The third-order valence-corrected chi connectivity index (χ3v) is 4.01. The number of para-hydroxylation sites is 1. The lowest BCUT2D eigenvalue weighted by molar-refractivity contribution is -0.133. The molecule has 5 nitrogen and oxygen atoms in total. The summed E-state index contributed by atoms with van der Waals surface area (Å²) in [4.78, 5) is 28.1. The Balaban J connectivity index is 1.83. The number of carbonyl (C=O) groups excluding carboxylic acids is 2. The molecule has 0 bridgehead atoms. The van der Waals surface area contributed by atoms with Gasteiger partial charge in [-0.05, 0) is 43.7 Å². The van der Waals surface area contributed by atoms with Crippen molar-refractivity contribution in [3.63, 3.8) is 0 Å². The molecule has 0 spiro atoms. The van der Waals surface area contributed by atoms with Gasteiger partial charge in [-0.25, -0.2) is 4.79 Å². The summed E-state index contributed by atoms with van der Waals surface area (Å²) in [6.07, 6.45) is 0. The van der Waals surface area contributed by atoms with E-state index in [1.807, 2.05) is 62.4 Å². The van der Waals surface area contributed by atoms with E-state index in [9.17, 15) is 9.59 Å². The number of fused-ring (bicyclic) bond motifs is 1. The summed E-state index contributed by atoms with van der Waals surface area (Å²) in [6, 6.07) is 15.2. The fourth-order valence-electron chi connectivity index (χ4n) is 2.86. The molecule has 0 fully saturated rings. The van der Waals surface area contributed by atoms with Gasteiger partial charge in [0.15, 0.2) is 5.75 Å². The number of hydrogen-bond donors (Lipinski definition) is 0. The van der Waals surface area contributed by atoms with Crippen LogP contribution in [0.15, 0.2) is 48.5 Å². The fraction of sp³-hybridized carbons (Fsp3) is 0.263. The molecule has 124 valence electrons. The Hall–Kier alpha value is -2.82. The molecule has 0 radical (unpaired) electrons. The Labute approximate surface area is 141 Å². The van der Waals surface area contributed by atoms with Gasteiger partial charge in [-0.2, -0.15) is 0 Å². The van der Waals surface area contributed by atoms with Crippen LogP contribution in [-0.2, 0) is 9.59 Å². The summed E-state index contributed by atoms with van der Waals surface area (Å²) in [7, 11) is 0. The summed E-state index contributed by atoms with van der Waals surface area (Å²) in [6.45, 7) is 4.66. The van der Waals surface area contributed by atoms with E-state index in [0.29, 0.717) is 12.3 Å². The smallest absolute Gasteiger partial charge is 0.331 e. The minimum atomic E-state index is -0.344. The Morgan fingerprint density at radius 2 is 1.96 bits per heavy atom. The lowest BCUT2D eigenvalue weighted by Gasteiger charge is -2.31. The van der Waals surface area contributed by atoms with Gasteiger partial charge in [0.05, 0.1) is 12.2 Å². The van der Waals surface area contributed by atoms with Crippen LogP contribution in [0.4, 0.5) is 11.4 Å². The second kappa shape index (κ2) is 6.74. The molecule has 0 atom stereocenters. The largest absolute Gasteiger partial charge is 0.423 e. The van der Waals surface area contributed by atoms with Gasteiger partial charge in [-0.15, -0.1) is 0 Å². The number of anilines is 2. The normalized spacial score (nSPS) is 13.2. The molecule has 24 heavy (non-hydrogen) atoms. The second-order valence-electron chi connectivity index (χ2n) is 5.77. The van der Waals surface area contributed by atoms with Crippen molar-refractivity contribution in [2.75, 3.05) is 29.4 Å². The van der Waals surface area contributed by atoms with E-state index in [0.717, 1.165) is 16.9 Å². The molecule has 1 amide bonds. The van der Waals surface area contributed by atoms with Gasteiger partial charge in [-0.1, -0.05) is 24.3 Å². The number of carbonyl (C=O) groups is 2. The number of nitrogens with zero attached hydrogens (tertiary/aromatic N) is 2. The maximum Gasteiger partial charge on any atom is 0.331 e. The van der Waals surface area contributed by atoms with Crippen molar-refractivity contribution >= 4 is 23.3 Å². The van der Waals surface area contributed by atoms with Gasteiger partial charge in [-0.3, -0.25) is 4.79 Å². The summed E-state index contributed by atoms with van der Waals surface area (Å²) in [5, 5.41) is 0. The number of rotatable bonds is 4. The van der Waals surface area contributed by atoms with E-state index >= 15 is 0 Å². The van der Waals surface area contributed by atoms with E-state index in [4.69, 9.17) is 4.74 Å². The zero-order valence-electron chi connectivity index (χ0n) is 13.9. The number of amides is 1. The zero-order chi connectivity index (χ0) is 17.1. The topological polar surface area (TPSA) is 49.9 Å². The SMILES string of the molecule is CCN(C(=O)CN1CC(=O)Oc2cc(C)ccc21)c1ccccc1.